The van der Waals surface area contributed by atoms with Crippen molar-refractivity contribution in [1.82, 2.24) is 0 Å². The molecule has 0 saturated heterocycles. The van der Waals surface area contributed by atoms with E-state index in [2.05, 4.69) is 31.9 Å². The van der Waals surface area contributed by atoms with E-state index in [1.54, 1.807) is 0 Å². The van der Waals surface area contributed by atoms with Crippen molar-refractivity contribution in [2.45, 2.75) is 115 Å². The van der Waals surface area contributed by atoms with Gasteiger partial charge in [-0.15, -0.1) is 5.92 Å². The fourth-order valence-electron chi connectivity index (χ4n) is 3.62. The van der Waals surface area contributed by atoms with Gasteiger partial charge in [0.1, 0.15) is 0 Å². The van der Waals surface area contributed by atoms with Crippen molar-refractivity contribution in [1.29, 1.82) is 0 Å². The molecule has 0 N–H and O–H groups in total. The van der Waals surface area contributed by atoms with E-state index in [1.165, 1.54) is 83.5 Å². The van der Waals surface area contributed by atoms with Crippen molar-refractivity contribution in [3.63, 3.8) is 0 Å². The molecule has 0 heterocycles. The lowest BCUT2D eigenvalue weighted by Gasteiger charge is -2.34. The van der Waals surface area contributed by atoms with Gasteiger partial charge in [0.2, 0.25) is 0 Å². The molecule has 0 bridgehead atoms. The molecule has 1 rings (SSSR count). The molecular weight excluding hydrogens is 296 g/mol. The molecule has 0 aromatic heterocycles. The van der Waals surface area contributed by atoms with Crippen molar-refractivity contribution in [2.24, 2.45) is 0 Å². The van der Waals surface area contributed by atoms with E-state index >= 15 is 0 Å². The standard InChI is InChI=1S/C21H40OSi/c1-4-5-6-7-8-9-10-11-12-13-17-20-22-23(2,3)21-18-15-14-16-19-21/h21H,4-12,14-16,18-20H2,1-3H3. The van der Waals surface area contributed by atoms with Gasteiger partial charge in [-0.1, -0.05) is 89.9 Å². The van der Waals surface area contributed by atoms with Crippen LogP contribution in [0.25, 0.3) is 0 Å². The van der Waals surface area contributed by atoms with Crippen molar-refractivity contribution in [3.8, 4) is 11.8 Å². The summed E-state index contributed by atoms with van der Waals surface area (Å²) in [6, 6.07) is 0. The summed E-state index contributed by atoms with van der Waals surface area (Å²) in [5.41, 5.74) is 0.866. The Labute approximate surface area is 147 Å². The Bertz CT molecular complexity index is 333. The van der Waals surface area contributed by atoms with E-state index in [9.17, 15) is 0 Å². The molecule has 0 unspecified atom stereocenters. The first-order chi connectivity index (χ1) is 11.2. The van der Waals surface area contributed by atoms with Gasteiger partial charge in [0.15, 0.2) is 8.32 Å². The van der Waals surface area contributed by atoms with Crippen LogP contribution in [0.15, 0.2) is 0 Å². The summed E-state index contributed by atoms with van der Waals surface area (Å²) in [5, 5.41) is 0. The summed E-state index contributed by atoms with van der Waals surface area (Å²) in [4.78, 5) is 0. The van der Waals surface area contributed by atoms with Crippen LogP contribution in [0.3, 0.4) is 0 Å². The summed E-state index contributed by atoms with van der Waals surface area (Å²) in [6.45, 7) is 7.74. The molecular formula is C21H40OSi. The van der Waals surface area contributed by atoms with Crippen LogP contribution in [-0.2, 0) is 4.43 Å². The number of rotatable bonds is 11. The molecule has 0 amide bonds. The van der Waals surface area contributed by atoms with Crippen LogP contribution < -0.4 is 0 Å². The lowest BCUT2D eigenvalue weighted by atomic mass is 10.0. The van der Waals surface area contributed by atoms with Gasteiger partial charge in [-0.3, -0.25) is 0 Å². The summed E-state index contributed by atoms with van der Waals surface area (Å²) in [7, 11) is -1.50. The average molecular weight is 337 g/mol. The maximum absolute atomic E-state index is 6.22. The second-order valence-corrected chi connectivity index (χ2v) is 12.1. The summed E-state index contributed by atoms with van der Waals surface area (Å²) < 4.78 is 6.22. The minimum Gasteiger partial charge on any atom is -0.406 e. The predicted molar refractivity (Wildman–Crippen MR) is 105 cm³/mol. The normalized spacial score (nSPS) is 16.1. The molecule has 1 nitrogen and oxygen atoms in total. The maximum Gasteiger partial charge on any atom is 0.191 e. The van der Waals surface area contributed by atoms with E-state index in [0.717, 1.165) is 12.0 Å². The van der Waals surface area contributed by atoms with Gasteiger partial charge >= 0.3 is 0 Å². The Morgan fingerprint density at radius 2 is 1.43 bits per heavy atom. The first-order valence-corrected chi connectivity index (χ1v) is 13.2. The van der Waals surface area contributed by atoms with Gasteiger partial charge in [0, 0.05) is 6.42 Å². The van der Waals surface area contributed by atoms with E-state index in [-0.39, 0.29) is 0 Å². The van der Waals surface area contributed by atoms with Crippen LogP contribution in [0.4, 0.5) is 0 Å². The van der Waals surface area contributed by atoms with Crippen molar-refractivity contribution < 1.29 is 4.43 Å². The Morgan fingerprint density at radius 1 is 0.826 bits per heavy atom. The van der Waals surface area contributed by atoms with Gasteiger partial charge in [-0.05, 0) is 25.1 Å². The lowest BCUT2D eigenvalue weighted by Crippen LogP contribution is -2.37. The molecule has 1 aliphatic rings. The second kappa shape index (κ2) is 13.1. The Kier molecular flexibility index (Phi) is 11.8. The quantitative estimate of drug-likeness (QED) is 0.222. The highest BCUT2D eigenvalue weighted by atomic mass is 28.4. The molecule has 134 valence electrons. The van der Waals surface area contributed by atoms with Crippen LogP contribution in [0, 0.1) is 11.8 Å². The predicted octanol–water partition coefficient (Wildman–Crippen LogP) is 7.08. The third kappa shape index (κ3) is 10.3. The highest BCUT2D eigenvalue weighted by Crippen LogP contribution is 2.37. The molecule has 0 atom stereocenters. The van der Waals surface area contributed by atoms with Crippen LogP contribution >= 0.6 is 0 Å². The zero-order valence-corrected chi connectivity index (χ0v) is 17.1. The highest BCUT2D eigenvalue weighted by molar-refractivity contribution is 6.72. The SMILES string of the molecule is CCCCCCCCCCC#CCO[Si](C)(C)C1CCCCC1. The third-order valence-corrected chi connectivity index (χ3v) is 8.82. The van der Waals surface area contributed by atoms with Gasteiger partial charge in [0.25, 0.3) is 0 Å². The van der Waals surface area contributed by atoms with E-state index in [4.69, 9.17) is 4.43 Å². The van der Waals surface area contributed by atoms with E-state index in [0.29, 0.717) is 6.61 Å². The molecule has 0 radical (unpaired) electrons. The molecule has 0 spiro atoms. The molecule has 0 aliphatic heterocycles. The van der Waals surface area contributed by atoms with Gasteiger partial charge in [-0.25, -0.2) is 0 Å². The van der Waals surface area contributed by atoms with Crippen LogP contribution in [-0.4, -0.2) is 14.9 Å². The molecule has 23 heavy (non-hydrogen) atoms. The highest BCUT2D eigenvalue weighted by Gasteiger charge is 2.34. The summed E-state index contributed by atoms with van der Waals surface area (Å²) in [6.07, 6.45) is 19.1. The van der Waals surface area contributed by atoms with Gasteiger partial charge < -0.3 is 4.43 Å². The molecule has 0 aromatic carbocycles. The maximum atomic E-state index is 6.22. The fraction of sp³-hybridized carbons (Fsp3) is 0.905. The van der Waals surface area contributed by atoms with Crippen molar-refractivity contribution in [3.05, 3.63) is 0 Å². The van der Waals surface area contributed by atoms with Gasteiger partial charge in [0.05, 0.1) is 6.61 Å². The third-order valence-electron chi connectivity index (χ3n) is 5.39. The minimum atomic E-state index is -1.50. The number of hydrogen-bond acceptors (Lipinski definition) is 1. The average Bonchev–Trinajstić information content (AvgIpc) is 2.56. The first-order valence-electron chi connectivity index (χ1n) is 10.3. The lowest BCUT2D eigenvalue weighted by molar-refractivity contribution is 0.330. The topological polar surface area (TPSA) is 9.23 Å². The van der Waals surface area contributed by atoms with Crippen LogP contribution in [0.1, 0.15) is 96.8 Å². The molecule has 2 heteroatoms. The zero-order valence-electron chi connectivity index (χ0n) is 16.1. The van der Waals surface area contributed by atoms with Gasteiger partial charge in [-0.2, -0.15) is 0 Å². The second-order valence-electron chi connectivity index (χ2n) is 7.81. The fourth-order valence-corrected chi connectivity index (χ4v) is 6.10. The van der Waals surface area contributed by atoms with Crippen molar-refractivity contribution >= 4 is 8.32 Å². The minimum absolute atomic E-state index is 0.673. The Hall–Kier alpha value is -0.263. The van der Waals surface area contributed by atoms with Crippen LogP contribution in [0.2, 0.25) is 18.6 Å². The summed E-state index contributed by atoms with van der Waals surface area (Å²) in [5.74, 6) is 6.58. The largest absolute Gasteiger partial charge is 0.406 e. The zero-order chi connectivity index (χ0) is 16.8. The number of hydrogen-bond donors (Lipinski definition) is 0. The van der Waals surface area contributed by atoms with Crippen LogP contribution in [0.5, 0.6) is 0 Å². The number of unbranched alkanes of at least 4 members (excludes halogenated alkanes) is 8. The molecule has 0 aromatic rings. The van der Waals surface area contributed by atoms with Crippen molar-refractivity contribution in [2.75, 3.05) is 6.61 Å². The first kappa shape index (κ1) is 20.8. The Morgan fingerprint density at radius 3 is 2.09 bits per heavy atom. The Balaban J connectivity index is 1.98. The molecule has 1 fully saturated rings. The monoisotopic (exact) mass is 336 g/mol. The van der Waals surface area contributed by atoms with E-state index in [1.807, 2.05) is 0 Å². The molecule has 1 aliphatic carbocycles. The smallest absolute Gasteiger partial charge is 0.191 e. The molecule has 1 saturated carbocycles. The summed E-state index contributed by atoms with van der Waals surface area (Å²) >= 11 is 0. The van der Waals surface area contributed by atoms with E-state index < -0.39 is 8.32 Å².